The van der Waals surface area contributed by atoms with Gasteiger partial charge in [-0.1, -0.05) is 19.3 Å². The highest BCUT2D eigenvalue weighted by Gasteiger charge is 2.36. The summed E-state index contributed by atoms with van der Waals surface area (Å²) < 4.78 is 0. The van der Waals surface area contributed by atoms with Gasteiger partial charge >= 0.3 is 5.97 Å². The third-order valence-corrected chi connectivity index (χ3v) is 5.44. The van der Waals surface area contributed by atoms with E-state index in [2.05, 4.69) is 0 Å². The van der Waals surface area contributed by atoms with E-state index >= 15 is 0 Å². The van der Waals surface area contributed by atoms with Crippen LogP contribution in [0.4, 0.5) is 0 Å². The number of rotatable bonds is 4. The molecule has 1 aliphatic carbocycles. The number of carbonyl (C=O) groups excluding carboxylic acids is 1. The maximum absolute atomic E-state index is 12.0. The second-order valence-electron chi connectivity index (χ2n) is 5.83. The summed E-state index contributed by atoms with van der Waals surface area (Å²) in [5, 5.41) is 8.56. The molecule has 0 aromatic carbocycles. The predicted molar refractivity (Wildman–Crippen MR) is 76.3 cm³/mol. The molecule has 0 radical (unpaired) electrons. The van der Waals surface area contributed by atoms with Crippen molar-refractivity contribution >= 4 is 23.6 Å². The Balaban J connectivity index is 1.73. The Kier molecular flexibility index (Phi) is 5.13. The number of hydrogen-bond donors (Lipinski definition) is 1. The molecule has 4 nitrogen and oxygen atoms in total. The van der Waals surface area contributed by atoms with Gasteiger partial charge in [-0.3, -0.25) is 9.59 Å². The first-order valence-electron chi connectivity index (χ1n) is 7.19. The van der Waals surface area contributed by atoms with Gasteiger partial charge in [-0.15, -0.1) is 11.8 Å². The van der Waals surface area contributed by atoms with Crippen molar-refractivity contribution in [2.24, 2.45) is 5.41 Å². The first-order valence-corrected chi connectivity index (χ1v) is 8.34. The van der Waals surface area contributed by atoms with Crippen LogP contribution in [0.3, 0.4) is 0 Å². The third kappa shape index (κ3) is 4.13. The zero-order valence-corrected chi connectivity index (χ0v) is 12.2. The van der Waals surface area contributed by atoms with Crippen molar-refractivity contribution in [3.63, 3.8) is 0 Å². The molecule has 1 spiro atoms. The quantitative estimate of drug-likeness (QED) is 0.861. The van der Waals surface area contributed by atoms with Crippen molar-refractivity contribution in [1.82, 2.24) is 4.90 Å². The van der Waals surface area contributed by atoms with E-state index in [9.17, 15) is 9.59 Å². The van der Waals surface area contributed by atoms with Crippen LogP contribution in [0.15, 0.2) is 0 Å². The van der Waals surface area contributed by atoms with Crippen molar-refractivity contribution in [1.29, 1.82) is 0 Å². The van der Waals surface area contributed by atoms with E-state index in [1.807, 2.05) is 4.90 Å². The normalized spacial score (nSPS) is 22.4. The first-order chi connectivity index (χ1) is 9.11. The van der Waals surface area contributed by atoms with Gasteiger partial charge in [-0.25, -0.2) is 0 Å². The molecule has 2 aliphatic rings. The molecule has 108 valence electrons. The van der Waals surface area contributed by atoms with Gasteiger partial charge in [0.05, 0.1) is 11.5 Å². The van der Waals surface area contributed by atoms with Crippen LogP contribution in [-0.2, 0) is 9.59 Å². The summed E-state index contributed by atoms with van der Waals surface area (Å²) in [6.45, 7) is 1.74. The lowest BCUT2D eigenvalue weighted by Crippen LogP contribution is -2.44. The number of nitrogens with zero attached hydrogens (tertiary/aromatic N) is 1. The summed E-state index contributed by atoms with van der Waals surface area (Å²) in [6.07, 6.45) is 9.03. The van der Waals surface area contributed by atoms with Gasteiger partial charge < -0.3 is 10.0 Å². The minimum atomic E-state index is -0.849. The molecule has 0 aromatic heterocycles. The van der Waals surface area contributed by atoms with Crippen molar-refractivity contribution in [3.8, 4) is 0 Å². The lowest BCUT2D eigenvalue weighted by Gasteiger charge is -2.44. The minimum absolute atomic E-state index is 0.0174. The number of carbonyl (C=O) groups is 2. The number of piperidine rings is 1. The van der Waals surface area contributed by atoms with Crippen LogP contribution in [-0.4, -0.2) is 46.5 Å². The predicted octanol–water partition coefficient (Wildman–Crippen LogP) is 2.38. The van der Waals surface area contributed by atoms with Crippen LogP contribution in [0.5, 0.6) is 0 Å². The fourth-order valence-electron chi connectivity index (χ4n) is 3.35. The highest BCUT2D eigenvalue weighted by molar-refractivity contribution is 8.00. The maximum atomic E-state index is 12.0. The lowest BCUT2D eigenvalue weighted by molar-refractivity contribution is -0.133. The van der Waals surface area contributed by atoms with Crippen molar-refractivity contribution in [3.05, 3.63) is 0 Å². The fourth-order valence-corrected chi connectivity index (χ4v) is 3.98. The van der Waals surface area contributed by atoms with E-state index in [0.29, 0.717) is 11.2 Å². The van der Waals surface area contributed by atoms with Gasteiger partial charge in [0.15, 0.2) is 0 Å². The van der Waals surface area contributed by atoms with Crippen LogP contribution in [0.25, 0.3) is 0 Å². The summed E-state index contributed by atoms with van der Waals surface area (Å²) in [5.74, 6) is -0.419. The number of aliphatic carboxylic acids is 1. The number of hydrogen-bond acceptors (Lipinski definition) is 3. The molecule has 1 heterocycles. The van der Waals surface area contributed by atoms with Gasteiger partial charge in [0.1, 0.15) is 0 Å². The zero-order chi connectivity index (χ0) is 13.7. The molecule has 0 bridgehead atoms. The molecule has 1 aliphatic heterocycles. The smallest absolute Gasteiger partial charge is 0.313 e. The minimum Gasteiger partial charge on any atom is -0.481 e. The molecule has 1 amide bonds. The van der Waals surface area contributed by atoms with E-state index < -0.39 is 5.97 Å². The van der Waals surface area contributed by atoms with Crippen molar-refractivity contribution in [2.75, 3.05) is 24.6 Å². The number of carboxylic acids is 1. The molecule has 2 fully saturated rings. The number of likely N-dealkylation sites (tertiary alicyclic amines) is 1. The highest BCUT2D eigenvalue weighted by atomic mass is 32.2. The monoisotopic (exact) mass is 285 g/mol. The lowest BCUT2D eigenvalue weighted by atomic mass is 9.68. The van der Waals surface area contributed by atoms with Gasteiger partial charge in [0, 0.05) is 13.1 Å². The molecular formula is C14H23NO3S. The van der Waals surface area contributed by atoms with Crippen molar-refractivity contribution < 1.29 is 14.7 Å². The summed E-state index contributed by atoms with van der Waals surface area (Å²) in [6, 6.07) is 0. The Hall–Kier alpha value is -0.710. The number of amides is 1. The summed E-state index contributed by atoms with van der Waals surface area (Å²) >= 11 is 1.20. The summed E-state index contributed by atoms with van der Waals surface area (Å²) in [4.78, 5) is 24.3. The van der Waals surface area contributed by atoms with Gasteiger partial charge in [0.2, 0.25) is 5.91 Å². The number of thioether (sulfide) groups is 1. The Morgan fingerprint density at radius 2 is 1.63 bits per heavy atom. The SMILES string of the molecule is O=C(O)CSCC(=O)N1CCC2(CCCCC2)CC1. The maximum Gasteiger partial charge on any atom is 0.313 e. The highest BCUT2D eigenvalue weighted by Crippen LogP contribution is 2.44. The van der Waals surface area contributed by atoms with E-state index in [4.69, 9.17) is 5.11 Å². The Labute approximate surface area is 118 Å². The fraction of sp³-hybridized carbons (Fsp3) is 0.857. The Morgan fingerprint density at radius 3 is 2.21 bits per heavy atom. The number of carboxylic acid groups (broad SMARTS) is 1. The van der Waals surface area contributed by atoms with Gasteiger partial charge in [0.25, 0.3) is 0 Å². The van der Waals surface area contributed by atoms with E-state index in [-0.39, 0.29) is 11.7 Å². The largest absolute Gasteiger partial charge is 0.481 e. The van der Waals surface area contributed by atoms with Crippen LogP contribution in [0, 0.1) is 5.41 Å². The zero-order valence-electron chi connectivity index (χ0n) is 11.4. The van der Waals surface area contributed by atoms with Crippen LogP contribution < -0.4 is 0 Å². The Bertz CT molecular complexity index is 330. The molecule has 0 unspecified atom stereocenters. The summed E-state index contributed by atoms with van der Waals surface area (Å²) in [5.41, 5.74) is 0.517. The van der Waals surface area contributed by atoms with Crippen molar-refractivity contribution in [2.45, 2.75) is 44.9 Å². The standard InChI is InChI=1S/C14H23NO3S/c16-12(10-19-11-13(17)18)15-8-6-14(7-9-15)4-2-1-3-5-14/h1-11H2,(H,17,18). The first kappa shape index (κ1) is 14.7. The molecule has 1 N–H and O–H groups in total. The molecule has 5 heteroatoms. The molecule has 1 saturated carbocycles. The Morgan fingerprint density at radius 1 is 1.00 bits per heavy atom. The molecule has 2 rings (SSSR count). The topological polar surface area (TPSA) is 57.6 Å². The third-order valence-electron chi connectivity index (χ3n) is 4.54. The average molecular weight is 285 g/mol. The molecule has 1 saturated heterocycles. The summed E-state index contributed by atoms with van der Waals surface area (Å²) in [7, 11) is 0. The molecular weight excluding hydrogens is 262 g/mol. The average Bonchev–Trinajstić information content (AvgIpc) is 2.40. The van der Waals surface area contributed by atoms with E-state index in [0.717, 1.165) is 25.9 Å². The molecule has 19 heavy (non-hydrogen) atoms. The van der Waals surface area contributed by atoms with Gasteiger partial charge in [-0.05, 0) is 31.1 Å². The van der Waals surface area contributed by atoms with Crippen LogP contribution >= 0.6 is 11.8 Å². The second-order valence-corrected chi connectivity index (χ2v) is 6.81. The van der Waals surface area contributed by atoms with Crippen LogP contribution in [0.2, 0.25) is 0 Å². The van der Waals surface area contributed by atoms with Gasteiger partial charge in [-0.2, -0.15) is 0 Å². The molecule has 0 atom stereocenters. The molecule has 0 aromatic rings. The van der Waals surface area contributed by atoms with Crippen LogP contribution in [0.1, 0.15) is 44.9 Å². The van der Waals surface area contributed by atoms with E-state index in [1.54, 1.807) is 0 Å². The second kappa shape index (κ2) is 6.64. The van der Waals surface area contributed by atoms with E-state index in [1.165, 1.54) is 43.9 Å².